The van der Waals surface area contributed by atoms with E-state index in [4.69, 9.17) is 0 Å². The van der Waals surface area contributed by atoms with Crippen molar-refractivity contribution in [2.24, 2.45) is 0 Å². The van der Waals surface area contributed by atoms with Gasteiger partial charge in [0.05, 0.1) is 0 Å². The third-order valence-electron chi connectivity index (χ3n) is 2.59. The van der Waals surface area contributed by atoms with Gasteiger partial charge in [0.15, 0.2) is 0 Å². The van der Waals surface area contributed by atoms with Crippen LogP contribution in [0.3, 0.4) is 0 Å². The maximum absolute atomic E-state index is 12.0. The topological polar surface area (TPSA) is 69.6 Å². The molecule has 0 heterocycles. The SMILES string of the molecule is Cc1ccc(NC(=O)c2cc(O)cc(O)c2)cc1Br. The predicted molar refractivity (Wildman–Crippen MR) is 76.6 cm³/mol. The lowest BCUT2D eigenvalue weighted by molar-refractivity contribution is 0.102. The Kier molecular flexibility index (Phi) is 3.76. The molecule has 98 valence electrons. The molecule has 1 amide bonds. The predicted octanol–water partition coefficient (Wildman–Crippen LogP) is 3.42. The molecule has 5 heteroatoms. The second kappa shape index (κ2) is 5.32. The van der Waals surface area contributed by atoms with Crippen molar-refractivity contribution in [1.29, 1.82) is 0 Å². The van der Waals surface area contributed by atoms with Crippen LogP contribution in [0.2, 0.25) is 0 Å². The van der Waals surface area contributed by atoms with E-state index >= 15 is 0 Å². The fourth-order valence-corrected chi connectivity index (χ4v) is 1.98. The van der Waals surface area contributed by atoms with Gasteiger partial charge in [-0.25, -0.2) is 0 Å². The number of hydrogen-bond donors (Lipinski definition) is 3. The molecule has 0 fully saturated rings. The highest BCUT2D eigenvalue weighted by molar-refractivity contribution is 9.10. The van der Waals surface area contributed by atoms with E-state index in [0.29, 0.717) is 5.69 Å². The lowest BCUT2D eigenvalue weighted by Gasteiger charge is -2.07. The molecule has 0 bridgehead atoms. The van der Waals surface area contributed by atoms with Crippen molar-refractivity contribution in [3.63, 3.8) is 0 Å². The molecule has 2 aromatic carbocycles. The van der Waals surface area contributed by atoms with Crippen molar-refractivity contribution in [1.82, 2.24) is 0 Å². The van der Waals surface area contributed by atoms with E-state index < -0.39 is 5.91 Å². The fourth-order valence-electron chi connectivity index (χ4n) is 1.60. The number of carbonyl (C=O) groups is 1. The van der Waals surface area contributed by atoms with Crippen LogP contribution < -0.4 is 5.32 Å². The molecular weight excluding hydrogens is 310 g/mol. The highest BCUT2D eigenvalue weighted by Gasteiger charge is 2.09. The molecule has 2 rings (SSSR count). The van der Waals surface area contributed by atoms with Crippen molar-refractivity contribution in [2.75, 3.05) is 5.32 Å². The monoisotopic (exact) mass is 321 g/mol. The van der Waals surface area contributed by atoms with Gasteiger partial charge in [-0.05, 0) is 36.8 Å². The molecule has 0 aromatic heterocycles. The van der Waals surface area contributed by atoms with Crippen molar-refractivity contribution < 1.29 is 15.0 Å². The number of benzene rings is 2. The first kappa shape index (κ1) is 13.4. The van der Waals surface area contributed by atoms with Gasteiger partial charge in [-0.15, -0.1) is 0 Å². The Labute approximate surface area is 118 Å². The summed E-state index contributed by atoms with van der Waals surface area (Å²) in [5, 5.41) is 21.4. The summed E-state index contributed by atoms with van der Waals surface area (Å²) >= 11 is 3.38. The molecule has 2 aromatic rings. The summed E-state index contributed by atoms with van der Waals surface area (Å²) in [4.78, 5) is 12.0. The first-order chi connectivity index (χ1) is 8.95. The zero-order valence-corrected chi connectivity index (χ0v) is 11.7. The quantitative estimate of drug-likeness (QED) is 0.793. The minimum Gasteiger partial charge on any atom is -0.508 e. The van der Waals surface area contributed by atoms with Crippen LogP contribution in [0.25, 0.3) is 0 Å². The zero-order valence-electron chi connectivity index (χ0n) is 10.1. The minimum absolute atomic E-state index is 0.157. The molecule has 0 aliphatic rings. The number of halogens is 1. The molecule has 4 nitrogen and oxygen atoms in total. The lowest BCUT2D eigenvalue weighted by Crippen LogP contribution is -2.11. The number of hydrogen-bond acceptors (Lipinski definition) is 3. The zero-order chi connectivity index (χ0) is 14.0. The Bertz CT molecular complexity index is 620. The van der Waals surface area contributed by atoms with E-state index in [1.54, 1.807) is 12.1 Å². The van der Waals surface area contributed by atoms with Gasteiger partial charge in [0.1, 0.15) is 11.5 Å². The fraction of sp³-hybridized carbons (Fsp3) is 0.0714. The highest BCUT2D eigenvalue weighted by Crippen LogP contribution is 2.23. The second-order valence-electron chi connectivity index (χ2n) is 4.16. The van der Waals surface area contributed by atoms with Crippen LogP contribution in [0.4, 0.5) is 5.69 Å². The Morgan fingerprint density at radius 2 is 1.74 bits per heavy atom. The standard InChI is InChI=1S/C14H12BrNO3/c1-8-2-3-10(6-13(8)15)16-14(19)9-4-11(17)7-12(18)5-9/h2-7,17-18H,1H3,(H,16,19). The Hall–Kier alpha value is -2.01. The molecule has 0 unspecified atom stereocenters. The third-order valence-corrected chi connectivity index (χ3v) is 3.45. The van der Waals surface area contributed by atoms with Gasteiger partial charge in [-0.3, -0.25) is 4.79 Å². The van der Waals surface area contributed by atoms with Crippen LogP contribution in [-0.4, -0.2) is 16.1 Å². The van der Waals surface area contributed by atoms with E-state index in [-0.39, 0.29) is 17.1 Å². The molecule has 0 spiro atoms. The number of aryl methyl sites for hydroxylation is 1. The Balaban J connectivity index is 2.22. The number of amides is 1. The van der Waals surface area contributed by atoms with Crippen molar-refractivity contribution in [2.45, 2.75) is 6.92 Å². The van der Waals surface area contributed by atoms with Gasteiger partial charge in [-0.1, -0.05) is 22.0 Å². The number of carbonyl (C=O) groups excluding carboxylic acids is 1. The molecule has 0 aliphatic heterocycles. The van der Waals surface area contributed by atoms with Crippen molar-refractivity contribution in [3.05, 3.63) is 52.0 Å². The Morgan fingerprint density at radius 1 is 1.11 bits per heavy atom. The lowest BCUT2D eigenvalue weighted by atomic mass is 10.1. The molecular formula is C14H12BrNO3. The maximum Gasteiger partial charge on any atom is 0.255 e. The number of phenols is 2. The highest BCUT2D eigenvalue weighted by atomic mass is 79.9. The molecule has 0 atom stereocenters. The van der Waals surface area contributed by atoms with Crippen LogP contribution in [0, 0.1) is 6.92 Å². The van der Waals surface area contributed by atoms with Gasteiger partial charge < -0.3 is 15.5 Å². The van der Waals surface area contributed by atoms with Crippen molar-refractivity contribution >= 4 is 27.5 Å². The van der Waals surface area contributed by atoms with E-state index in [2.05, 4.69) is 21.2 Å². The van der Waals surface area contributed by atoms with Crippen LogP contribution >= 0.6 is 15.9 Å². The van der Waals surface area contributed by atoms with Gasteiger partial charge >= 0.3 is 0 Å². The average molecular weight is 322 g/mol. The first-order valence-electron chi connectivity index (χ1n) is 5.56. The summed E-state index contributed by atoms with van der Waals surface area (Å²) < 4.78 is 0.893. The summed E-state index contributed by atoms with van der Waals surface area (Å²) in [6.45, 7) is 1.95. The van der Waals surface area contributed by atoms with Gasteiger partial charge in [0.2, 0.25) is 0 Å². The third kappa shape index (κ3) is 3.26. The summed E-state index contributed by atoms with van der Waals surface area (Å²) in [6, 6.07) is 9.19. The van der Waals surface area contributed by atoms with Gasteiger partial charge in [-0.2, -0.15) is 0 Å². The molecule has 0 saturated carbocycles. The van der Waals surface area contributed by atoms with Crippen molar-refractivity contribution in [3.8, 4) is 11.5 Å². The molecule has 19 heavy (non-hydrogen) atoms. The number of rotatable bonds is 2. The van der Waals surface area contributed by atoms with E-state index in [9.17, 15) is 15.0 Å². The first-order valence-corrected chi connectivity index (χ1v) is 6.35. The summed E-state index contributed by atoms with van der Waals surface area (Å²) in [6.07, 6.45) is 0. The normalized spacial score (nSPS) is 10.2. The van der Waals surface area contributed by atoms with Gasteiger partial charge in [0, 0.05) is 21.8 Å². The molecule has 0 aliphatic carbocycles. The molecule has 0 saturated heterocycles. The van der Waals surface area contributed by atoms with E-state index in [1.165, 1.54) is 18.2 Å². The smallest absolute Gasteiger partial charge is 0.255 e. The number of aromatic hydroxyl groups is 2. The van der Waals surface area contributed by atoms with E-state index in [1.807, 2.05) is 13.0 Å². The average Bonchev–Trinajstić information content (AvgIpc) is 2.32. The number of anilines is 1. The van der Waals surface area contributed by atoms with Crippen LogP contribution in [-0.2, 0) is 0 Å². The number of phenolic OH excluding ortho intramolecular Hbond substituents is 2. The minimum atomic E-state index is -0.401. The number of nitrogens with one attached hydrogen (secondary N) is 1. The maximum atomic E-state index is 12.0. The summed E-state index contributed by atoms with van der Waals surface area (Å²) in [5.74, 6) is -0.715. The van der Waals surface area contributed by atoms with E-state index in [0.717, 1.165) is 10.0 Å². The largest absolute Gasteiger partial charge is 0.508 e. The van der Waals surface area contributed by atoms with Crippen LogP contribution in [0.1, 0.15) is 15.9 Å². The molecule has 3 N–H and O–H groups in total. The second-order valence-corrected chi connectivity index (χ2v) is 5.01. The van der Waals surface area contributed by atoms with Gasteiger partial charge in [0.25, 0.3) is 5.91 Å². The summed E-state index contributed by atoms with van der Waals surface area (Å²) in [7, 11) is 0. The van der Waals surface area contributed by atoms with Crippen LogP contribution in [0.15, 0.2) is 40.9 Å². The summed E-state index contributed by atoms with van der Waals surface area (Å²) in [5.41, 5.74) is 1.88. The Morgan fingerprint density at radius 3 is 2.32 bits per heavy atom. The molecule has 0 radical (unpaired) electrons. The van der Waals surface area contributed by atoms with Crippen LogP contribution in [0.5, 0.6) is 11.5 Å².